The molecular weight excluding hydrogens is 806 g/mol. The number of aliphatic hydroxyl groups is 1. The number of ether oxygens (including phenoxy) is 3. The maximum atomic E-state index is 15.0. The minimum absolute atomic E-state index is 0.0146. The average Bonchev–Trinajstić information content (AvgIpc) is 4.10. The molecule has 3 aliphatic heterocycles. The van der Waals surface area contributed by atoms with E-state index in [0.717, 1.165) is 81.9 Å². The number of H-pyrrole nitrogens is 2. The minimum atomic E-state index is -1.16. The lowest BCUT2D eigenvalue weighted by Gasteiger charge is -2.39. The maximum absolute atomic E-state index is 15.0. The van der Waals surface area contributed by atoms with Gasteiger partial charge in [0.05, 0.1) is 73.0 Å². The maximum Gasteiger partial charge on any atom is 0.407 e. The van der Waals surface area contributed by atoms with Crippen LogP contribution in [0.1, 0.15) is 96.2 Å². The number of methoxy groups -OCH3 is 2. The number of likely N-dealkylation sites (tertiary alicyclic amines) is 2. The highest BCUT2D eigenvalue weighted by molar-refractivity contribution is 5.92. The largest absolute Gasteiger partial charge is 0.469 e. The number of aromatic nitrogens is 5. The Morgan fingerprint density at radius 1 is 0.937 bits per heavy atom. The van der Waals surface area contributed by atoms with Gasteiger partial charge in [0.15, 0.2) is 6.23 Å². The zero-order chi connectivity index (χ0) is 44.1. The SMILES string of the molecule is COCNC(C(=O)N1CCCC1c1ncc(-c2ccc3c(c2)OC(C2CCC2)n2c-3cc3cc(-c4cnc(C5CC(F)CN5C(O)C(NC(=O)OC)C(C)C)[nH]4)ccc32)[nH]1)C(C)C. The van der Waals surface area contributed by atoms with Gasteiger partial charge >= 0.3 is 6.09 Å². The number of alkyl carbamates (subject to hydrolysis) is 1. The highest BCUT2D eigenvalue weighted by Gasteiger charge is 2.43. The second-order valence-corrected chi connectivity index (χ2v) is 18.4. The summed E-state index contributed by atoms with van der Waals surface area (Å²) in [6.45, 7) is 8.88. The fourth-order valence-electron chi connectivity index (χ4n) is 10.0. The van der Waals surface area contributed by atoms with E-state index in [9.17, 15) is 14.7 Å². The second kappa shape index (κ2) is 17.7. The van der Waals surface area contributed by atoms with E-state index in [-0.39, 0.29) is 49.0 Å². The Labute approximate surface area is 367 Å². The van der Waals surface area contributed by atoms with Crippen LogP contribution in [0, 0.1) is 17.8 Å². The van der Waals surface area contributed by atoms with Crippen molar-refractivity contribution >= 4 is 22.9 Å². The fourth-order valence-corrected chi connectivity index (χ4v) is 10.0. The highest BCUT2D eigenvalue weighted by Crippen LogP contribution is 2.49. The van der Waals surface area contributed by atoms with Gasteiger partial charge in [0.1, 0.15) is 29.8 Å². The number of rotatable bonds is 14. The number of imidazole rings is 2. The number of halogens is 1. The molecule has 0 radical (unpaired) electrons. The molecule has 0 spiro atoms. The van der Waals surface area contributed by atoms with Crippen LogP contribution in [0.2, 0.25) is 0 Å². The summed E-state index contributed by atoms with van der Waals surface area (Å²) in [5.74, 6) is 2.58. The smallest absolute Gasteiger partial charge is 0.407 e. The van der Waals surface area contributed by atoms with Gasteiger partial charge in [-0.25, -0.2) is 19.2 Å². The Kier molecular flexibility index (Phi) is 12.1. The molecule has 3 fully saturated rings. The number of benzene rings is 2. The summed E-state index contributed by atoms with van der Waals surface area (Å²) in [6.07, 6.45) is 5.78. The predicted molar refractivity (Wildman–Crippen MR) is 236 cm³/mol. The van der Waals surface area contributed by atoms with Gasteiger partial charge < -0.3 is 44.1 Å². The lowest BCUT2D eigenvalue weighted by Crippen LogP contribution is -2.54. The van der Waals surface area contributed by atoms with Crippen molar-refractivity contribution in [2.45, 2.75) is 109 Å². The quantitative estimate of drug-likeness (QED) is 0.0706. The van der Waals surface area contributed by atoms with Gasteiger partial charge in [0, 0.05) is 54.6 Å². The number of nitrogens with zero attached hydrogens (tertiary/aromatic N) is 5. The van der Waals surface area contributed by atoms with Gasteiger partial charge in [-0.05, 0) is 67.9 Å². The number of alkyl halides is 1. The number of fused-ring (bicyclic) bond motifs is 5. The van der Waals surface area contributed by atoms with E-state index in [1.165, 1.54) is 13.5 Å². The number of nitrogens with one attached hydrogen (secondary N) is 4. The Morgan fingerprint density at radius 3 is 2.32 bits per heavy atom. The average molecular weight is 866 g/mol. The van der Waals surface area contributed by atoms with E-state index < -0.39 is 30.6 Å². The third kappa shape index (κ3) is 8.11. The summed E-state index contributed by atoms with van der Waals surface area (Å²) in [5, 5.41) is 18.5. The number of carbonyl (C=O) groups is 2. The molecular formula is C47H60FN9O6. The van der Waals surface area contributed by atoms with Crippen molar-refractivity contribution in [3.8, 4) is 39.5 Å². The van der Waals surface area contributed by atoms with Crippen molar-refractivity contribution in [3.05, 3.63) is 66.5 Å². The van der Waals surface area contributed by atoms with Crippen LogP contribution in [0.15, 0.2) is 54.9 Å². The molecule has 5 aromatic rings. The van der Waals surface area contributed by atoms with Crippen LogP contribution in [0.4, 0.5) is 9.18 Å². The molecule has 6 heterocycles. The first-order valence-electron chi connectivity index (χ1n) is 22.5. The second-order valence-electron chi connectivity index (χ2n) is 18.4. The summed E-state index contributed by atoms with van der Waals surface area (Å²) < 4.78 is 34.4. The Morgan fingerprint density at radius 2 is 1.65 bits per heavy atom. The minimum Gasteiger partial charge on any atom is -0.469 e. The Balaban J connectivity index is 0.979. The molecule has 7 atom stereocenters. The van der Waals surface area contributed by atoms with Crippen molar-refractivity contribution in [2.24, 2.45) is 17.8 Å². The molecule has 7 unspecified atom stereocenters. The molecule has 336 valence electrons. The number of amides is 2. The lowest BCUT2D eigenvalue weighted by atomic mass is 9.83. The van der Waals surface area contributed by atoms with Crippen LogP contribution in [0.25, 0.3) is 44.7 Å². The molecule has 16 heteroatoms. The molecule has 1 saturated carbocycles. The van der Waals surface area contributed by atoms with Gasteiger partial charge in [0.2, 0.25) is 5.91 Å². The molecule has 9 rings (SSSR count). The standard InChI is InChI=1S/C47H60FN9O6/c1-25(2)40(51-24-61-5)44(58)55-16-8-11-36(55)42-49-22-34(52-42)29-12-14-32-37-18-30-17-28(13-15-35(30)57(37)46(27-9-7-10-27)63-39(32)19-29)33-21-50-43(53-33)38-20-31(48)23-56(38)45(59)41(26(3)4)54-47(60)62-6/h12-15,17-19,21-22,25-27,31,36,38,40-41,45-46,51,59H,7-11,16,20,23-24H2,1-6H3,(H,49,52)(H,50,53)(H,54,60). The molecule has 1 aliphatic carbocycles. The van der Waals surface area contributed by atoms with Crippen molar-refractivity contribution in [1.82, 2.24) is 44.9 Å². The van der Waals surface area contributed by atoms with Crippen molar-refractivity contribution < 1.29 is 33.3 Å². The lowest BCUT2D eigenvalue weighted by molar-refractivity contribution is -0.136. The van der Waals surface area contributed by atoms with Gasteiger partial charge in [-0.1, -0.05) is 46.2 Å². The molecule has 2 aromatic carbocycles. The van der Waals surface area contributed by atoms with E-state index in [1.54, 1.807) is 18.2 Å². The summed E-state index contributed by atoms with van der Waals surface area (Å²) in [7, 11) is 2.89. The van der Waals surface area contributed by atoms with Crippen LogP contribution in [0.3, 0.4) is 0 Å². The molecule has 0 bridgehead atoms. The van der Waals surface area contributed by atoms with E-state index >= 15 is 4.39 Å². The zero-order valence-electron chi connectivity index (χ0n) is 36.9. The Bertz CT molecular complexity index is 2440. The number of aromatic amines is 2. The monoisotopic (exact) mass is 865 g/mol. The number of carbonyl (C=O) groups excluding carboxylic acids is 2. The van der Waals surface area contributed by atoms with Crippen LogP contribution < -0.4 is 15.4 Å². The first-order valence-corrected chi connectivity index (χ1v) is 22.5. The van der Waals surface area contributed by atoms with Gasteiger partial charge in [-0.3, -0.25) is 15.0 Å². The van der Waals surface area contributed by atoms with Crippen LogP contribution >= 0.6 is 0 Å². The highest BCUT2D eigenvalue weighted by atomic mass is 19.1. The van der Waals surface area contributed by atoms with Crippen molar-refractivity contribution in [1.29, 1.82) is 0 Å². The van der Waals surface area contributed by atoms with E-state index in [4.69, 9.17) is 24.2 Å². The summed E-state index contributed by atoms with van der Waals surface area (Å²) in [6, 6.07) is 13.3. The van der Waals surface area contributed by atoms with Crippen LogP contribution in [-0.2, 0) is 14.3 Å². The molecule has 4 aliphatic rings. The Hall–Kier alpha value is -5.29. The zero-order valence-corrected chi connectivity index (χ0v) is 36.9. The fraction of sp³-hybridized carbons (Fsp3) is 0.532. The third-order valence-corrected chi connectivity index (χ3v) is 13.6. The first kappa shape index (κ1) is 43.0. The van der Waals surface area contributed by atoms with E-state index in [2.05, 4.69) is 67.6 Å². The normalized spacial score (nSPS) is 22.8. The van der Waals surface area contributed by atoms with E-state index in [0.29, 0.717) is 25.0 Å². The van der Waals surface area contributed by atoms with Gasteiger partial charge in [-0.15, -0.1) is 0 Å². The molecule has 2 saturated heterocycles. The molecule has 2 amide bonds. The van der Waals surface area contributed by atoms with Crippen molar-refractivity contribution in [2.75, 3.05) is 34.0 Å². The van der Waals surface area contributed by atoms with Crippen LogP contribution in [-0.4, -0.2) is 110 Å². The van der Waals surface area contributed by atoms with Crippen LogP contribution in [0.5, 0.6) is 5.75 Å². The third-order valence-electron chi connectivity index (χ3n) is 13.6. The number of hydrogen-bond acceptors (Lipinski definition) is 10. The van der Waals surface area contributed by atoms with Gasteiger partial charge in [-0.2, -0.15) is 0 Å². The number of hydrogen-bond donors (Lipinski definition) is 5. The molecule has 15 nitrogen and oxygen atoms in total. The topological polar surface area (TPSA) is 175 Å². The van der Waals surface area contributed by atoms with E-state index in [1.807, 2.05) is 38.8 Å². The first-order chi connectivity index (χ1) is 30.4. The molecule has 63 heavy (non-hydrogen) atoms. The summed E-state index contributed by atoms with van der Waals surface area (Å²) >= 11 is 0. The summed E-state index contributed by atoms with van der Waals surface area (Å²) in [5.41, 5.74) is 6.73. The predicted octanol–water partition coefficient (Wildman–Crippen LogP) is 7.45. The molecule has 3 aromatic heterocycles. The summed E-state index contributed by atoms with van der Waals surface area (Å²) in [4.78, 5) is 46.0. The van der Waals surface area contributed by atoms with Gasteiger partial charge in [0.25, 0.3) is 0 Å². The number of aliphatic hydroxyl groups excluding tert-OH is 1. The molecule has 5 N–H and O–H groups in total. The van der Waals surface area contributed by atoms with Crippen molar-refractivity contribution in [3.63, 3.8) is 0 Å².